The number of hydrogen-bond donors (Lipinski definition) is 0. The molecule has 0 fully saturated rings. The second kappa shape index (κ2) is 10.1. The van der Waals surface area contributed by atoms with Crippen LogP contribution in [0, 0.1) is 0 Å². The summed E-state index contributed by atoms with van der Waals surface area (Å²) in [4.78, 5) is 2.32. The molecular formula is C40H27NO. The Bertz CT molecular complexity index is 2080. The van der Waals surface area contributed by atoms with Crippen LogP contribution >= 0.6 is 0 Å². The topological polar surface area (TPSA) is 16.4 Å². The van der Waals surface area contributed by atoms with Crippen molar-refractivity contribution in [2.75, 3.05) is 4.90 Å². The Kier molecular flexibility index (Phi) is 5.82. The van der Waals surface area contributed by atoms with Gasteiger partial charge in [-0.3, -0.25) is 0 Å². The monoisotopic (exact) mass is 537 g/mol. The van der Waals surface area contributed by atoms with Gasteiger partial charge in [-0.15, -0.1) is 0 Å². The van der Waals surface area contributed by atoms with Gasteiger partial charge in [-0.2, -0.15) is 0 Å². The van der Waals surface area contributed by atoms with Crippen LogP contribution in [0.3, 0.4) is 0 Å². The summed E-state index contributed by atoms with van der Waals surface area (Å²) in [7, 11) is 0. The molecule has 0 radical (unpaired) electrons. The van der Waals surface area contributed by atoms with Crippen molar-refractivity contribution >= 4 is 49.8 Å². The summed E-state index contributed by atoms with van der Waals surface area (Å²) in [6.45, 7) is 0. The van der Waals surface area contributed by atoms with E-state index in [1.165, 1.54) is 33.0 Å². The first-order valence-corrected chi connectivity index (χ1v) is 14.3. The van der Waals surface area contributed by atoms with Crippen LogP contribution in [-0.2, 0) is 0 Å². The predicted octanol–water partition coefficient (Wildman–Crippen LogP) is 11.5. The fourth-order valence-electron chi connectivity index (χ4n) is 6.02. The number of furan rings is 1. The van der Waals surface area contributed by atoms with Crippen molar-refractivity contribution in [1.29, 1.82) is 0 Å². The molecule has 1 heterocycles. The van der Waals surface area contributed by atoms with Crippen molar-refractivity contribution < 1.29 is 4.42 Å². The molecule has 0 aliphatic carbocycles. The Morgan fingerprint density at radius 1 is 0.405 bits per heavy atom. The molecule has 42 heavy (non-hydrogen) atoms. The fraction of sp³-hybridized carbons (Fsp3) is 0. The van der Waals surface area contributed by atoms with Crippen molar-refractivity contribution in [1.82, 2.24) is 0 Å². The zero-order valence-corrected chi connectivity index (χ0v) is 22.9. The van der Waals surface area contributed by atoms with Crippen molar-refractivity contribution in [3.63, 3.8) is 0 Å². The van der Waals surface area contributed by atoms with Gasteiger partial charge < -0.3 is 9.32 Å². The lowest BCUT2D eigenvalue weighted by Gasteiger charge is -2.26. The maximum absolute atomic E-state index is 6.66. The lowest BCUT2D eigenvalue weighted by atomic mass is 10.0. The molecule has 8 rings (SSSR count). The average Bonchev–Trinajstić information content (AvgIpc) is 3.47. The SMILES string of the molecule is c1ccc(-c2ccc(N(c3ccc(-c4ccccc4)cc3)c3cc4ccccc4c4c3oc3ccccc34)cc2)cc1. The highest BCUT2D eigenvalue weighted by Crippen LogP contribution is 2.45. The molecule has 0 spiro atoms. The lowest BCUT2D eigenvalue weighted by Crippen LogP contribution is -2.10. The lowest BCUT2D eigenvalue weighted by molar-refractivity contribution is 0.669. The van der Waals surface area contributed by atoms with Crippen LogP contribution in [0.5, 0.6) is 0 Å². The molecule has 0 saturated heterocycles. The van der Waals surface area contributed by atoms with Gasteiger partial charge in [0.1, 0.15) is 5.58 Å². The molecule has 2 nitrogen and oxygen atoms in total. The van der Waals surface area contributed by atoms with E-state index in [1.807, 2.05) is 6.07 Å². The minimum atomic E-state index is 0.883. The first-order valence-electron chi connectivity index (χ1n) is 14.3. The molecule has 2 heteroatoms. The average molecular weight is 538 g/mol. The van der Waals surface area contributed by atoms with Gasteiger partial charge in [0.2, 0.25) is 0 Å². The number of anilines is 3. The smallest absolute Gasteiger partial charge is 0.160 e. The normalized spacial score (nSPS) is 11.3. The molecule has 7 aromatic carbocycles. The Labute approximate surface area is 244 Å². The van der Waals surface area contributed by atoms with E-state index in [9.17, 15) is 0 Å². The highest BCUT2D eigenvalue weighted by Gasteiger charge is 2.21. The van der Waals surface area contributed by atoms with Gasteiger partial charge in [0.25, 0.3) is 0 Å². The number of fused-ring (bicyclic) bond motifs is 5. The Hall–Kier alpha value is -5.60. The predicted molar refractivity (Wildman–Crippen MR) is 177 cm³/mol. The molecule has 0 aliphatic heterocycles. The summed E-state index contributed by atoms with van der Waals surface area (Å²) in [5.41, 5.74) is 9.70. The van der Waals surface area contributed by atoms with E-state index in [0.29, 0.717) is 0 Å². The van der Waals surface area contributed by atoms with Gasteiger partial charge in [0.15, 0.2) is 5.58 Å². The van der Waals surface area contributed by atoms with Crippen LogP contribution in [0.4, 0.5) is 17.1 Å². The van der Waals surface area contributed by atoms with E-state index in [-0.39, 0.29) is 0 Å². The molecule has 0 bridgehead atoms. The van der Waals surface area contributed by atoms with Crippen LogP contribution in [-0.4, -0.2) is 0 Å². The quantitative estimate of drug-likeness (QED) is 0.217. The zero-order chi connectivity index (χ0) is 27.9. The van der Waals surface area contributed by atoms with Gasteiger partial charge in [-0.05, 0) is 69.4 Å². The first kappa shape index (κ1) is 24.2. The van der Waals surface area contributed by atoms with Crippen LogP contribution in [0.25, 0.3) is 55.0 Å². The largest absolute Gasteiger partial charge is 0.454 e. The number of hydrogen-bond acceptors (Lipinski definition) is 2. The highest BCUT2D eigenvalue weighted by molar-refractivity contribution is 6.22. The first-order chi connectivity index (χ1) is 20.8. The molecular weight excluding hydrogens is 510 g/mol. The standard InChI is InChI=1S/C40H27NO/c1-3-11-28(12-4-1)30-19-23-33(24-20-30)41(34-25-21-31(22-26-34)29-13-5-2-6-14-29)37-27-32-15-7-8-16-35(32)39-36-17-9-10-18-38(36)42-40(37)39/h1-27H. The van der Waals surface area contributed by atoms with Gasteiger partial charge in [0, 0.05) is 22.1 Å². The Morgan fingerprint density at radius 3 is 1.48 bits per heavy atom. The van der Waals surface area contributed by atoms with Crippen molar-refractivity contribution in [3.8, 4) is 22.3 Å². The maximum atomic E-state index is 6.66. The number of para-hydroxylation sites is 1. The summed E-state index contributed by atoms with van der Waals surface area (Å²) in [6.07, 6.45) is 0. The zero-order valence-electron chi connectivity index (χ0n) is 22.9. The van der Waals surface area contributed by atoms with E-state index in [0.717, 1.165) is 39.0 Å². The molecule has 0 saturated carbocycles. The van der Waals surface area contributed by atoms with Gasteiger partial charge >= 0.3 is 0 Å². The summed E-state index contributed by atoms with van der Waals surface area (Å²) in [5, 5.41) is 4.65. The molecule has 8 aromatic rings. The third-order valence-electron chi connectivity index (χ3n) is 8.06. The van der Waals surface area contributed by atoms with Crippen LogP contribution in [0.1, 0.15) is 0 Å². The van der Waals surface area contributed by atoms with E-state index in [4.69, 9.17) is 4.42 Å². The molecule has 0 N–H and O–H groups in total. The molecule has 198 valence electrons. The minimum Gasteiger partial charge on any atom is -0.454 e. The van der Waals surface area contributed by atoms with E-state index in [1.54, 1.807) is 0 Å². The maximum Gasteiger partial charge on any atom is 0.160 e. The highest BCUT2D eigenvalue weighted by atomic mass is 16.3. The second-order valence-electron chi connectivity index (χ2n) is 10.6. The molecule has 1 aromatic heterocycles. The van der Waals surface area contributed by atoms with E-state index in [2.05, 4.69) is 163 Å². The van der Waals surface area contributed by atoms with Gasteiger partial charge in [-0.1, -0.05) is 127 Å². The van der Waals surface area contributed by atoms with Gasteiger partial charge in [0.05, 0.1) is 5.69 Å². The van der Waals surface area contributed by atoms with Gasteiger partial charge in [-0.25, -0.2) is 0 Å². The number of nitrogens with zero attached hydrogens (tertiary/aromatic N) is 1. The molecule has 0 amide bonds. The summed E-state index contributed by atoms with van der Waals surface area (Å²) < 4.78 is 6.66. The number of benzene rings is 7. The van der Waals surface area contributed by atoms with Crippen molar-refractivity contribution in [2.45, 2.75) is 0 Å². The van der Waals surface area contributed by atoms with E-state index < -0.39 is 0 Å². The summed E-state index contributed by atoms with van der Waals surface area (Å²) in [6, 6.07) is 57.8. The summed E-state index contributed by atoms with van der Waals surface area (Å²) >= 11 is 0. The van der Waals surface area contributed by atoms with Crippen LogP contribution in [0.2, 0.25) is 0 Å². The third-order valence-corrected chi connectivity index (χ3v) is 8.06. The van der Waals surface area contributed by atoms with Crippen LogP contribution in [0.15, 0.2) is 168 Å². The van der Waals surface area contributed by atoms with Crippen molar-refractivity contribution in [3.05, 3.63) is 164 Å². The Morgan fingerprint density at radius 2 is 0.881 bits per heavy atom. The molecule has 0 atom stereocenters. The molecule has 0 aliphatic rings. The summed E-state index contributed by atoms with van der Waals surface area (Å²) in [5.74, 6) is 0. The molecule has 0 unspecified atom stereocenters. The van der Waals surface area contributed by atoms with Crippen LogP contribution < -0.4 is 4.90 Å². The number of rotatable bonds is 5. The Balaban J connectivity index is 1.36. The fourth-order valence-corrected chi connectivity index (χ4v) is 6.02. The van der Waals surface area contributed by atoms with Crippen molar-refractivity contribution in [2.24, 2.45) is 0 Å². The second-order valence-corrected chi connectivity index (χ2v) is 10.6. The minimum absolute atomic E-state index is 0.883. The van der Waals surface area contributed by atoms with E-state index >= 15 is 0 Å². The third kappa shape index (κ3) is 4.13.